The highest BCUT2D eigenvalue weighted by Gasteiger charge is 2.02. The van der Waals surface area contributed by atoms with Crippen LogP contribution < -0.4 is 0 Å². The number of aliphatic hydroxyl groups is 1. The van der Waals surface area contributed by atoms with Gasteiger partial charge in [0.05, 0.1) is 26.4 Å². The highest BCUT2D eigenvalue weighted by Crippen LogP contribution is 1.87. The van der Waals surface area contributed by atoms with E-state index in [0.29, 0.717) is 39.6 Å². The van der Waals surface area contributed by atoms with E-state index < -0.39 is 6.10 Å². The van der Waals surface area contributed by atoms with E-state index in [1.165, 1.54) is 0 Å². The Kier molecular flexibility index (Phi) is 9.80. The van der Waals surface area contributed by atoms with E-state index >= 15 is 0 Å². The zero-order chi connectivity index (χ0) is 9.94. The molecule has 0 spiro atoms. The molecule has 0 saturated heterocycles. The van der Waals surface area contributed by atoms with Crippen LogP contribution >= 0.6 is 0 Å². The van der Waals surface area contributed by atoms with E-state index in [1.807, 2.05) is 13.8 Å². The normalized spacial score (nSPS) is 13.2. The average molecular weight is 192 g/mol. The van der Waals surface area contributed by atoms with Crippen molar-refractivity contribution in [1.29, 1.82) is 0 Å². The summed E-state index contributed by atoms with van der Waals surface area (Å²) in [5, 5.41) is 9.25. The van der Waals surface area contributed by atoms with Crippen molar-refractivity contribution in [3.63, 3.8) is 0 Å². The number of hydrogen-bond acceptors (Lipinski definition) is 4. The summed E-state index contributed by atoms with van der Waals surface area (Å²) < 4.78 is 15.2. The molecule has 1 unspecified atom stereocenters. The lowest BCUT2D eigenvalue weighted by Crippen LogP contribution is -2.22. The average Bonchev–Trinajstić information content (AvgIpc) is 2.14. The van der Waals surface area contributed by atoms with Gasteiger partial charge in [-0.25, -0.2) is 0 Å². The molecular formula is C9H20O4. The minimum absolute atomic E-state index is 0.313. The van der Waals surface area contributed by atoms with Crippen LogP contribution in [0.1, 0.15) is 13.8 Å². The number of aliphatic hydroxyl groups excluding tert-OH is 1. The molecule has 0 bridgehead atoms. The Balaban J connectivity index is 3.03. The summed E-state index contributed by atoms with van der Waals surface area (Å²) in [4.78, 5) is 0. The first kappa shape index (κ1) is 12.8. The Hall–Kier alpha value is -0.160. The third kappa shape index (κ3) is 9.76. The summed E-state index contributed by atoms with van der Waals surface area (Å²) in [5.74, 6) is 0. The first-order valence-corrected chi connectivity index (χ1v) is 4.72. The molecule has 1 N–H and O–H groups in total. The van der Waals surface area contributed by atoms with Gasteiger partial charge >= 0.3 is 0 Å². The molecule has 1 atom stereocenters. The Morgan fingerprint density at radius 1 is 0.923 bits per heavy atom. The Morgan fingerprint density at radius 2 is 1.46 bits per heavy atom. The van der Waals surface area contributed by atoms with Crippen LogP contribution in [0.5, 0.6) is 0 Å². The fourth-order valence-electron chi connectivity index (χ4n) is 0.784. The molecule has 4 nitrogen and oxygen atoms in total. The van der Waals surface area contributed by atoms with Crippen LogP contribution in [0.2, 0.25) is 0 Å². The van der Waals surface area contributed by atoms with Gasteiger partial charge in [0.2, 0.25) is 0 Å². The van der Waals surface area contributed by atoms with Gasteiger partial charge in [-0.05, 0) is 13.8 Å². The zero-order valence-electron chi connectivity index (χ0n) is 8.49. The maximum absolute atomic E-state index is 9.25. The molecule has 0 aliphatic heterocycles. The van der Waals surface area contributed by atoms with Crippen LogP contribution in [-0.2, 0) is 14.2 Å². The van der Waals surface area contributed by atoms with Gasteiger partial charge in [-0.2, -0.15) is 0 Å². The van der Waals surface area contributed by atoms with Crippen LogP contribution in [-0.4, -0.2) is 50.9 Å². The SMILES string of the molecule is CCOCCOCC(O)COCC. The summed E-state index contributed by atoms with van der Waals surface area (Å²) in [6.07, 6.45) is -0.526. The number of ether oxygens (including phenoxy) is 3. The van der Waals surface area contributed by atoms with Crippen molar-refractivity contribution < 1.29 is 19.3 Å². The predicted octanol–water partition coefficient (Wildman–Crippen LogP) is 0.437. The van der Waals surface area contributed by atoms with E-state index in [4.69, 9.17) is 14.2 Å². The molecule has 4 heteroatoms. The molecule has 0 rings (SSSR count). The molecule has 0 heterocycles. The first-order valence-electron chi connectivity index (χ1n) is 4.72. The third-order valence-corrected chi connectivity index (χ3v) is 1.40. The molecule has 0 radical (unpaired) electrons. The van der Waals surface area contributed by atoms with Crippen molar-refractivity contribution in [2.75, 3.05) is 39.6 Å². The zero-order valence-corrected chi connectivity index (χ0v) is 8.49. The molecule has 80 valence electrons. The lowest BCUT2D eigenvalue weighted by atomic mass is 10.4. The smallest absolute Gasteiger partial charge is 0.101 e. The van der Waals surface area contributed by atoms with Gasteiger partial charge < -0.3 is 19.3 Å². The molecule has 0 aromatic heterocycles. The topological polar surface area (TPSA) is 47.9 Å². The van der Waals surface area contributed by atoms with Gasteiger partial charge in [0.25, 0.3) is 0 Å². The second-order valence-electron chi connectivity index (χ2n) is 2.59. The van der Waals surface area contributed by atoms with Gasteiger partial charge in [0, 0.05) is 13.2 Å². The second kappa shape index (κ2) is 9.92. The number of rotatable bonds is 9. The lowest BCUT2D eigenvalue weighted by Gasteiger charge is -2.10. The summed E-state index contributed by atoms with van der Waals surface area (Å²) in [6.45, 7) is 6.90. The quantitative estimate of drug-likeness (QED) is 0.538. The molecule has 0 amide bonds. The highest BCUT2D eigenvalue weighted by atomic mass is 16.5. The Labute approximate surface area is 79.8 Å². The van der Waals surface area contributed by atoms with E-state index in [2.05, 4.69) is 0 Å². The van der Waals surface area contributed by atoms with Crippen molar-refractivity contribution in [2.45, 2.75) is 20.0 Å². The molecule has 0 aromatic carbocycles. The molecule has 0 aliphatic rings. The summed E-state index contributed by atoms with van der Waals surface area (Å²) in [7, 11) is 0. The Morgan fingerprint density at radius 3 is 2.08 bits per heavy atom. The van der Waals surface area contributed by atoms with Crippen LogP contribution in [0.3, 0.4) is 0 Å². The van der Waals surface area contributed by atoms with Crippen molar-refractivity contribution in [2.24, 2.45) is 0 Å². The standard InChI is InChI=1S/C9H20O4/c1-3-11-5-6-13-8-9(10)7-12-4-2/h9-10H,3-8H2,1-2H3. The predicted molar refractivity (Wildman–Crippen MR) is 49.8 cm³/mol. The van der Waals surface area contributed by atoms with Gasteiger partial charge in [0.15, 0.2) is 0 Å². The lowest BCUT2D eigenvalue weighted by molar-refractivity contribution is -0.0290. The maximum atomic E-state index is 9.25. The van der Waals surface area contributed by atoms with E-state index in [-0.39, 0.29) is 0 Å². The third-order valence-electron chi connectivity index (χ3n) is 1.40. The van der Waals surface area contributed by atoms with Gasteiger partial charge in [-0.15, -0.1) is 0 Å². The summed E-state index contributed by atoms with van der Waals surface area (Å²) in [6, 6.07) is 0. The summed E-state index contributed by atoms with van der Waals surface area (Å²) in [5.41, 5.74) is 0. The Bertz CT molecular complexity index is 97.6. The van der Waals surface area contributed by atoms with E-state index in [1.54, 1.807) is 0 Å². The molecule has 0 aromatic rings. The molecular weight excluding hydrogens is 172 g/mol. The van der Waals surface area contributed by atoms with Crippen LogP contribution in [0, 0.1) is 0 Å². The minimum Gasteiger partial charge on any atom is -0.388 e. The van der Waals surface area contributed by atoms with Crippen LogP contribution in [0.4, 0.5) is 0 Å². The highest BCUT2D eigenvalue weighted by molar-refractivity contribution is 4.50. The largest absolute Gasteiger partial charge is 0.388 e. The van der Waals surface area contributed by atoms with Crippen molar-refractivity contribution >= 4 is 0 Å². The molecule has 0 aliphatic carbocycles. The van der Waals surface area contributed by atoms with Gasteiger partial charge in [-0.1, -0.05) is 0 Å². The number of hydrogen-bond donors (Lipinski definition) is 1. The van der Waals surface area contributed by atoms with E-state index in [0.717, 1.165) is 0 Å². The van der Waals surface area contributed by atoms with Crippen molar-refractivity contribution in [3.05, 3.63) is 0 Å². The van der Waals surface area contributed by atoms with Crippen LogP contribution in [0.25, 0.3) is 0 Å². The molecule has 13 heavy (non-hydrogen) atoms. The second-order valence-corrected chi connectivity index (χ2v) is 2.59. The molecule has 0 saturated carbocycles. The first-order chi connectivity index (χ1) is 6.31. The van der Waals surface area contributed by atoms with Crippen LogP contribution in [0.15, 0.2) is 0 Å². The fraction of sp³-hybridized carbons (Fsp3) is 1.00. The van der Waals surface area contributed by atoms with Gasteiger partial charge in [0.1, 0.15) is 6.10 Å². The summed E-state index contributed by atoms with van der Waals surface area (Å²) >= 11 is 0. The maximum Gasteiger partial charge on any atom is 0.101 e. The molecule has 0 fully saturated rings. The van der Waals surface area contributed by atoms with Gasteiger partial charge in [-0.3, -0.25) is 0 Å². The monoisotopic (exact) mass is 192 g/mol. The fourth-order valence-corrected chi connectivity index (χ4v) is 0.784. The van der Waals surface area contributed by atoms with Crippen molar-refractivity contribution in [3.8, 4) is 0 Å². The van der Waals surface area contributed by atoms with E-state index in [9.17, 15) is 5.11 Å². The minimum atomic E-state index is -0.526. The van der Waals surface area contributed by atoms with Crippen molar-refractivity contribution in [1.82, 2.24) is 0 Å².